The summed E-state index contributed by atoms with van der Waals surface area (Å²) >= 11 is 9.66. The van der Waals surface area contributed by atoms with Gasteiger partial charge in [0.1, 0.15) is 0 Å². The fraction of sp³-hybridized carbons (Fsp3) is 0.600. The highest BCUT2D eigenvalue weighted by Crippen LogP contribution is 2.28. The van der Waals surface area contributed by atoms with E-state index in [-0.39, 0.29) is 0 Å². The van der Waals surface area contributed by atoms with Crippen molar-refractivity contribution in [2.24, 2.45) is 11.8 Å². The maximum Gasteiger partial charge on any atom is 0.0451 e. The van der Waals surface area contributed by atoms with Crippen LogP contribution < -0.4 is 5.32 Å². The zero-order valence-corrected chi connectivity index (χ0v) is 13.2. The molecule has 1 nitrogen and oxygen atoms in total. The number of hydrogen-bond donors (Lipinski definition) is 1. The summed E-state index contributed by atoms with van der Waals surface area (Å²) in [5.41, 5.74) is 1.18. The Labute approximate surface area is 123 Å². The summed E-state index contributed by atoms with van der Waals surface area (Å²) in [6, 6.07) is 6.03. The average Bonchev–Trinajstić information content (AvgIpc) is 2.36. The van der Waals surface area contributed by atoms with Crippen molar-refractivity contribution in [2.75, 3.05) is 6.54 Å². The van der Waals surface area contributed by atoms with Crippen molar-refractivity contribution in [3.63, 3.8) is 0 Å². The second kappa shape index (κ2) is 6.93. The third-order valence-corrected chi connectivity index (χ3v) is 4.75. The average molecular weight is 331 g/mol. The fourth-order valence-electron chi connectivity index (χ4n) is 2.62. The number of hydrogen-bond acceptors (Lipinski definition) is 1. The van der Waals surface area contributed by atoms with Crippen molar-refractivity contribution in [2.45, 2.75) is 39.2 Å². The van der Waals surface area contributed by atoms with E-state index in [2.05, 4.69) is 34.2 Å². The SMILES string of the molecule is CC1CCC(CNCc2cc(Br)ccc2Cl)CC1. The van der Waals surface area contributed by atoms with Gasteiger partial charge < -0.3 is 5.32 Å². The second-order valence-electron chi connectivity index (χ2n) is 5.49. The summed E-state index contributed by atoms with van der Waals surface area (Å²) in [5, 5.41) is 4.40. The summed E-state index contributed by atoms with van der Waals surface area (Å²) in [6.45, 7) is 4.35. The van der Waals surface area contributed by atoms with Gasteiger partial charge in [0, 0.05) is 16.0 Å². The van der Waals surface area contributed by atoms with Crippen LogP contribution in [0.15, 0.2) is 22.7 Å². The normalized spacial score (nSPS) is 24.2. The van der Waals surface area contributed by atoms with Gasteiger partial charge in [0.2, 0.25) is 0 Å². The molecule has 1 aromatic carbocycles. The van der Waals surface area contributed by atoms with Gasteiger partial charge in [-0.25, -0.2) is 0 Å². The van der Waals surface area contributed by atoms with Crippen LogP contribution in [0.3, 0.4) is 0 Å². The molecular formula is C15H21BrClN. The smallest absolute Gasteiger partial charge is 0.0451 e. The lowest BCUT2D eigenvalue weighted by Crippen LogP contribution is -2.25. The maximum absolute atomic E-state index is 6.18. The van der Waals surface area contributed by atoms with Crippen molar-refractivity contribution in [1.82, 2.24) is 5.32 Å². The van der Waals surface area contributed by atoms with E-state index in [1.165, 1.54) is 31.2 Å². The first-order valence-corrected chi connectivity index (χ1v) is 7.97. The molecule has 0 bridgehead atoms. The van der Waals surface area contributed by atoms with E-state index in [0.717, 1.165) is 34.4 Å². The molecule has 3 heteroatoms. The van der Waals surface area contributed by atoms with E-state index in [1.807, 2.05) is 12.1 Å². The molecule has 1 N–H and O–H groups in total. The topological polar surface area (TPSA) is 12.0 Å². The van der Waals surface area contributed by atoms with E-state index >= 15 is 0 Å². The van der Waals surface area contributed by atoms with Crippen LogP contribution >= 0.6 is 27.5 Å². The molecule has 1 aliphatic carbocycles. The Bertz CT molecular complexity index is 386. The Kier molecular flexibility index (Phi) is 5.53. The van der Waals surface area contributed by atoms with Crippen molar-refractivity contribution in [1.29, 1.82) is 0 Å². The fourth-order valence-corrected chi connectivity index (χ4v) is 3.22. The van der Waals surface area contributed by atoms with Gasteiger partial charge in [0.15, 0.2) is 0 Å². The van der Waals surface area contributed by atoms with Crippen LogP contribution in [0.5, 0.6) is 0 Å². The molecule has 1 aliphatic rings. The first kappa shape index (κ1) is 14.4. The molecule has 0 aromatic heterocycles. The van der Waals surface area contributed by atoms with Crippen LogP contribution in [0.2, 0.25) is 5.02 Å². The van der Waals surface area contributed by atoms with Gasteiger partial charge in [-0.1, -0.05) is 47.3 Å². The zero-order chi connectivity index (χ0) is 13.0. The van der Waals surface area contributed by atoms with Gasteiger partial charge in [-0.3, -0.25) is 0 Å². The molecule has 0 heterocycles. The lowest BCUT2D eigenvalue weighted by Gasteiger charge is -2.26. The summed E-state index contributed by atoms with van der Waals surface area (Å²) in [5.74, 6) is 1.79. The molecule has 0 spiro atoms. The Morgan fingerprint density at radius 2 is 2.00 bits per heavy atom. The Morgan fingerprint density at radius 1 is 1.28 bits per heavy atom. The minimum absolute atomic E-state index is 0.850. The van der Waals surface area contributed by atoms with Crippen molar-refractivity contribution >= 4 is 27.5 Å². The standard InChI is InChI=1S/C15H21BrClN/c1-11-2-4-12(5-3-11)9-18-10-13-8-14(16)6-7-15(13)17/h6-8,11-12,18H,2-5,9-10H2,1H3. The van der Waals surface area contributed by atoms with Gasteiger partial charge in [0.25, 0.3) is 0 Å². The quantitative estimate of drug-likeness (QED) is 0.817. The molecule has 1 aromatic rings. The first-order valence-electron chi connectivity index (χ1n) is 6.80. The highest BCUT2D eigenvalue weighted by molar-refractivity contribution is 9.10. The van der Waals surface area contributed by atoms with E-state index in [9.17, 15) is 0 Å². The summed E-state index contributed by atoms with van der Waals surface area (Å²) in [4.78, 5) is 0. The van der Waals surface area contributed by atoms with E-state index in [4.69, 9.17) is 11.6 Å². The zero-order valence-electron chi connectivity index (χ0n) is 10.9. The minimum Gasteiger partial charge on any atom is -0.312 e. The number of rotatable bonds is 4. The van der Waals surface area contributed by atoms with Crippen molar-refractivity contribution in [3.05, 3.63) is 33.3 Å². The molecular weight excluding hydrogens is 310 g/mol. The van der Waals surface area contributed by atoms with Crippen molar-refractivity contribution in [3.8, 4) is 0 Å². The largest absolute Gasteiger partial charge is 0.312 e. The van der Waals surface area contributed by atoms with Crippen LogP contribution in [-0.4, -0.2) is 6.54 Å². The van der Waals surface area contributed by atoms with Crippen LogP contribution in [0.4, 0.5) is 0 Å². The monoisotopic (exact) mass is 329 g/mol. The highest BCUT2D eigenvalue weighted by Gasteiger charge is 2.17. The molecule has 0 saturated heterocycles. The highest BCUT2D eigenvalue weighted by atomic mass is 79.9. The summed E-state index contributed by atoms with van der Waals surface area (Å²) in [7, 11) is 0. The Morgan fingerprint density at radius 3 is 2.72 bits per heavy atom. The van der Waals surface area contributed by atoms with Gasteiger partial charge in [-0.15, -0.1) is 0 Å². The molecule has 100 valence electrons. The van der Waals surface area contributed by atoms with Gasteiger partial charge >= 0.3 is 0 Å². The molecule has 2 rings (SSSR count). The molecule has 18 heavy (non-hydrogen) atoms. The molecule has 0 aliphatic heterocycles. The van der Waals surface area contributed by atoms with Crippen molar-refractivity contribution < 1.29 is 0 Å². The maximum atomic E-state index is 6.18. The number of benzene rings is 1. The predicted molar refractivity (Wildman–Crippen MR) is 82.0 cm³/mol. The first-order chi connectivity index (χ1) is 8.65. The molecule has 0 amide bonds. The van der Waals surface area contributed by atoms with Gasteiger partial charge in [0.05, 0.1) is 0 Å². The third-order valence-electron chi connectivity index (χ3n) is 3.89. The van der Waals surface area contributed by atoms with Gasteiger partial charge in [-0.05, 0) is 55.0 Å². The van der Waals surface area contributed by atoms with E-state index in [0.29, 0.717) is 0 Å². The number of nitrogens with one attached hydrogen (secondary N) is 1. The molecule has 0 unspecified atom stereocenters. The molecule has 1 fully saturated rings. The Hall–Kier alpha value is -0.0500. The van der Waals surface area contributed by atoms with Crippen LogP contribution in [-0.2, 0) is 6.54 Å². The van der Waals surface area contributed by atoms with E-state index in [1.54, 1.807) is 0 Å². The lowest BCUT2D eigenvalue weighted by atomic mass is 9.83. The van der Waals surface area contributed by atoms with E-state index < -0.39 is 0 Å². The van der Waals surface area contributed by atoms with Crippen LogP contribution in [0.25, 0.3) is 0 Å². The van der Waals surface area contributed by atoms with Gasteiger partial charge in [-0.2, -0.15) is 0 Å². The predicted octanol–water partition coefficient (Wildman–Crippen LogP) is 5.02. The van der Waals surface area contributed by atoms with Crippen LogP contribution in [0, 0.1) is 11.8 Å². The minimum atomic E-state index is 0.850. The molecule has 0 atom stereocenters. The molecule has 1 saturated carbocycles. The lowest BCUT2D eigenvalue weighted by molar-refractivity contribution is 0.281. The Balaban J connectivity index is 1.76. The summed E-state index contributed by atoms with van der Waals surface area (Å²) in [6.07, 6.45) is 5.54. The molecule has 0 radical (unpaired) electrons. The number of halogens is 2. The third kappa shape index (κ3) is 4.25. The summed E-state index contributed by atoms with van der Waals surface area (Å²) < 4.78 is 1.09. The van der Waals surface area contributed by atoms with Crippen LogP contribution in [0.1, 0.15) is 38.2 Å². The second-order valence-corrected chi connectivity index (χ2v) is 6.82.